The maximum Gasteiger partial charge on any atom is 0.226 e. The Kier molecular flexibility index (Phi) is 7.00. The molecule has 1 aromatic carbocycles. The van der Waals surface area contributed by atoms with Gasteiger partial charge in [0.25, 0.3) is 0 Å². The van der Waals surface area contributed by atoms with Crippen LogP contribution in [0.3, 0.4) is 0 Å². The van der Waals surface area contributed by atoms with Crippen LogP contribution < -0.4 is 15.5 Å². The fraction of sp³-hybridized carbons (Fsp3) is 0.450. The first kappa shape index (κ1) is 19.9. The van der Waals surface area contributed by atoms with Crippen molar-refractivity contribution in [1.82, 2.24) is 9.97 Å². The zero-order chi connectivity index (χ0) is 19.8. The van der Waals surface area contributed by atoms with E-state index < -0.39 is 0 Å². The second-order valence-corrected chi connectivity index (χ2v) is 6.68. The van der Waals surface area contributed by atoms with Crippen molar-refractivity contribution in [2.75, 3.05) is 54.9 Å². The number of anilines is 3. The van der Waals surface area contributed by atoms with Gasteiger partial charge in [0, 0.05) is 26.2 Å². The predicted molar refractivity (Wildman–Crippen MR) is 109 cm³/mol. The lowest BCUT2D eigenvalue weighted by Gasteiger charge is -2.33. The predicted octanol–water partition coefficient (Wildman–Crippen LogP) is 1.54. The van der Waals surface area contributed by atoms with Crippen molar-refractivity contribution >= 4 is 17.6 Å². The summed E-state index contributed by atoms with van der Waals surface area (Å²) >= 11 is 0. The van der Waals surface area contributed by atoms with Gasteiger partial charge in [0.15, 0.2) is 11.6 Å². The monoisotopic (exact) mass is 382 g/mol. The van der Waals surface area contributed by atoms with Gasteiger partial charge in [-0.3, -0.25) is 0 Å². The third kappa shape index (κ3) is 4.68. The molecule has 0 atom stereocenters. The second kappa shape index (κ2) is 9.88. The number of aliphatic hydroxyl groups is 2. The van der Waals surface area contributed by atoms with Gasteiger partial charge in [0.05, 0.1) is 13.2 Å². The van der Waals surface area contributed by atoms with Crippen molar-refractivity contribution in [2.45, 2.75) is 18.8 Å². The molecule has 2 heterocycles. The molecule has 1 aliphatic rings. The average molecular weight is 382 g/mol. The second-order valence-electron chi connectivity index (χ2n) is 6.68. The molecule has 1 aromatic heterocycles. The molecule has 0 saturated carbocycles. The molecule has 4 N–H and O–H groups in total. The van der Waals surface area contributed by atoms with Crippen LogP contribution in [-0.2, 0) is 0 Å². The third-order valence-electron chi connectivity index (χ3n) is 4.87. The molecule has 3 rings (SSSR count). The summed E-state index contributed by atoms with van der Waals surface area (Å²) < 4.78 is 0. The summed E-state index contributed by atoms with van der Waals surface area (Å²) in [7, 11) is 0. The summed E-state index contributed by atoms with van der Waals surface area (Å²) in [6.07, 6.45) is 1.97. The van der Waals surface area contributed by atoms with E-state index in [0.29, 0.717) is 42.2 Å². The number of hydrogen-bond acceptors (Lipinski definition) is 8. The maximum absolute atomic E-state index is 9.71. The van der Waals surface area contributed by atoms with Gasteiger partial charge in [0.2, 0.25) is 5.95 Å². The molecule has 0 radical (unpaired) electrons. The number of hydrogen-bond donors (Lipinski definition) is 4. The van der Waals surface area contributed by atoms with Crippen molar-refractivity contribution in [3.63, 3.8) is 0 Å². The molecule has 0 bridgehead atoms. The summed E-state index contributed by atoms with van der Waals surface area (Å²) in [4.78, 5) is 11.0. The highest BCUT2D eigenvalue weighted by Gasteiger charge is 2.25. The molecular formula is C20H26N6O2. The molecule has 2 aromatic rings. The van der Waals surface area contributed by atoms with Crippen molar-refractivity contribution < 1.29 is 10.2 Å². The molecular weight excluding hydrogens is 356 g/mol. The molecule has 1 aliphatic heterocycles. The lowest BCUT2D eigenvalue weighted by atomic mass is 9.89. The topological polar surface area (TPSA) is 117 Å². The molecule has 0 amide bonds. The summed E-state index contributed by atoms with van der Waals surface area (Å²) in [5, 5.41) is 33.8. The summed E-state index contributed by atoms with van der Waals surface area (Å²) in [6.45, 7) is 2.10. The van der Waals surface area contributed by atoms with E-state index in [1.807, 2.05) is 6.07 Å². The Morgan fingerprint density at radius 2 is 1.71 bits per heavy atom. The van der Waals surface area contributed by atoms with Crippen molar-refractivity contribution in [3.8, 4) is 6.07 Å². The Balaban J connectivity index is 1.82. The number of benzene rings is 1. The molecule has 0 unspecified atom stereocenters. The fourth-order valence-electron chi connectivity index (χ4n) is 3.48. The Morgan fingerprint density at radius 1 is 1.04 bits per heavy atom. The summed E-state index contributed by atoms with van der Waals surface area (Å²) in [6, 6.07) is 12.7. The van der Waals surface area contributed by atoms with Crippen molar-refractivity contribution in [3.05, 3.63) is 41.5 Å². The molecule has 0 aliphatic carbocycles. The van der Waals surface area contributed by atoms with Crippen molar-refractivity contribution in [1.29, 1.82) is 5.26 Å². The van der Waals surface area contributed by atoms with Gasteiger partial charge in [-0.2, -0.15) is 15.2 Å². The Labute approximate surface area is 164 Å². The van der Waals surface area contributed by atoms with E-state index >= 15 is 0 Å². The molecule has 8 heteroatoms. The lowest BCUT2D eigenvalue weighted by Crippen LogP contribution is -2.34. The van der Waals surface area contributed by atoms with Crippen LogP contribution in [0, 0.1) is 11.3 Å². The molecule has 1 saturated heterocycles. The van der Waals surface area contributed by atoms with E-state index in [0.717, 1.165) is 25.9 Å². The number of aliphatic hydroxyl groups excluding tert-OH is 2. The number of rotatable bonds is 8. The molecule has 0 spiro atoms. The van der Waals surface area contributed by atoms with E-state index in [1.165, 1.54) is 5.56 Å². The van der Waals surface area contributed by atoms with E-state index in [-0.39, 0.29) is 13.2 Å². The number of nitrogens with zero attached hydrogens (tertiary/aromatic N) is 4. The van der Waals surface area contributed by atoms with Crippen LogP contribution >= 0.6 is 0 Å². The zero-order valence-corrected chi connectivity index (χ0v) is 15.8. The minimum absolute atomic E-state index is 0.0411. The van der Waals surface area contributed by atoms with Gasteiger partial charge in [0.1, 0.15) is 11.6 Å². The van der Waals surface area contributed by atoms with Crippen LogP contribution in [0.25, 0.3) is 0 Å². The minimum atomic E-state index is -0.0634. The number of nitriles is 1. The smallest absolute Gasteiger partial charge is 0.226 e. The Hall–Kier alpha value is -2.89. The zero-order valence-electron chi connectivity index (χ0n) is 15.8. The van der Waals surface area contributed by atoms with Gasteiger partial charge < -0.3 is 25.7 Å². The van der Waals surface area contributed by atoms with Crippen LogP contribution in [0.5, 0.6) is 0 Å². The van der Waals surface area contributed by atoms with Crippen LogP contribution in [0.2, 0.25) is 0 Å². The number of nitrogens with one attached hydrogen (secondary N) is 2. The normalized spacial score (nSPS) is 14.5. The van der Waals surface area contributed by atoms with Crippen LogP contribution in [-0.4, -0.2) is 59.6 Å². The summed E-state index contributed by atoms with van der Waals surface area (Å²) in [5.41, 5.74) is 1.72. The first-order valence-corrected chi connectivity index (χ1v) is 9.58. The number of piperidine rings is 1. The summed E-state index contributed by atoms with van der Waals surface area (Å²) in [5.74, 6) is 1.84. The van der Waals surface area contributed by atoms with Gasteiger partial charge in [-0.15, -0.1) is 0 Å². The number of aromatic nitrogens is 2. The van der Waals surface area contributed by atoms with Crippen LogP contribution in [0.4, 0.5) is 17.6 Å². The average Bonchev–Trinajstić information content (AvgIpc) is 2.76. The van der Waals surface area contributed by atoms with Gasteiger partial charge >= 0.3 is 0 Å². The minimum Gasteiger partial charge on any atom is -0.395 e. The van der Waals surface area contributed by atoms with E-state index in [4.69, 9.17) is 10.2 Å². The molecule has 148 valence electrons. The first-order valence-electron chi connectivity index (χ1n) is 9.58. The highest BCUT2D eigenvalue weighted by Crippen LogP contribution is 2.33. The lowest BCUT2D eigenvalue weighted by molar-refractivity contribution is 0.311. The van der Waals surface area contributed by atoms with Gasteiger partial charge in [-0.25, -0.2) is 0 Å². The van der Waals surface area contributed by atoms with Crippen LogP contribution in [0.1, 0.15) is 29.9 Å². The first-order chi connectivity index (χ1) is 13.8. The molecule has 28 heavy (non-hydrogen) atoms. The molecule has 8 nitrogen and oxygen atoms in total. The Morgan fingerprint density at radius 3 is 2.36 bits per heavy atom. The SMILES string of the molecule is N#Cc1c(NCCO)nc(NCCO)nc1N1CCC(c2ccccc2)CC1. The Bertz CT molecular complexity index is 800. The third-order valence-corrected chi connectivity index (χ3v) is 4.87. The largest absolute Gasteiger partial charge is 0.395 e. The quantitative estimate of drug-likeness (QED) is 0.543. The highest BCUT2D eigenvalue weighted by molar-refractivity contribution is 5.68. The van der Waals surface area contributed by atoms with E-state index in [1.54, 1.807) is 0 Å². The van der Waals surface area contributed by atoms with Gasteiger partial charge in [-0.05, 0) is 24.3 Å². The van der Waals surface area contributed by atoms with E-state index in [2.05, 4.69) is 55.8 Å². The van der Waals surface area contributed by atoms with Crippen LogP contribution in [0.15, 0.2) is 30.3 Å². The van der Waals surface area contributed by atoms with E-state index in [9.17, 15) is 5.26 Å². The van der Waals surface area contributed by atoms with Crippen molar-refractivity contribution in [2.24, 2.45) is 0 Å². The highest BCUT2D eigenvalue weighted by atomic mass is 16.3. The standard InChI is InChI=1S/C20H26N6O2/c21-14-17-18(22-8-12-27)24-20(23-9-13-28)25-19(17)26-10-6-16(7-11-26)15-4-2-1-3-5-15/h1-5,16,27-28H,6-13H2,(H2,22,23,24,25). The fourth-order valence-corrected chi connectivity index (χ4v) is 3.48. The van der Waals surface area contributed by atoms with Gasteiger partial charge in [-0.1, -0.05) is 30.3 Å². The maximum atomic E-state index is 9.71. The molecule has 1 fully saturated rings.